The third-order valence-electron chi connectivity index (χ3n) is 4.51. The van der Waals surface area contributed by atoms with Crippen molar-refractivity contribution in [1.29, 1.82) is 0 Å². The number of urea groups is 1. The van der Waals surface area contributed by atoms with Crippen molar-refractivity contribution >= 4 is 57.9 Å². The van der Waals surface area contributed by atoms with Gasteiger partial charge in [-0.3, -0.25) is 4.79 Å². The molecular weight excluding hydrogens is 534 g/mol. The van der Waals surface area contributed by atoms with Crippen LogP contribution in [0.3, 0.4) is 0 Å². The SMILES string of the molecule is O=C1N/C(=C/c2ccc(OCc3cccc(F)c3)c(I)c2)C(=O)N1c1ccc(Cl)cc1. The zero-order chi connectivity index (χ0) is 22.0. The number of ether oxygens (including phenoxy) is 1. The van der Waals surface area contributed by atoms with E-state index < -0.39 is 11.9 Å². The highest BCUT2D eigenvalue weighted by Gasteiger charge is 2.34. The van der Waals surface area contributed by atoms with Crippen LogP contribution in [-0.4, -0.2) is 11.9 Å². The number of halogens is 3. The molecule has 3 aromatic rings. The number of hydrogen-bond donors (Lipinski definition) is 1. The first kappa shape index (κ1) is 21.3. The molecule has 31 heavy (non-hydrogen) atoms. The van der Waals surface area contributed by atoms with Gasteiger partial charge in [-0.2, -0.15) is 0 Å². The average Bonchev–Trinajstić information content (AvgIpc) is 3.01. The lowest BCUT2D eigenvalue weighted by Crippen LogP contribution is -2.30. The average molecular weight is 549 g/mol. The highest BCUT2D eigenvalue weighted by Crippen LogP contribution is 2.27. The van der Waals surface area contributed by atoms with E-state index in [1.807, 2.05) is 6.07 Å². The van der Waals surface area contributed by atoms with Gasteiger partial charge in [0, 0.05) is 5.02 Å². The summed E-state index contributed by atoms with van der Waals surface area (Å²) in [6.45, 7) is 0.235. The highest BCUT2D eigenvalue weighted by molar-refractivity contribution is 14.1. The summed E-state index contributed by atoms with van der Waals surface area (Å²) in [4.78, 5) is 26.1. The van der Waals surface area contributed by atoms with Gasteiger partial charge in [-0.05, 0) is 88.3 Å². The Hall–Kier alpha value is -2.91. The summed E-state index contributed by atoms with van der Waals surface area (Å²) in [7, 11) is 0. The zero-order valence-corrected chi connectivity index (χ0v) is 18.9. The number of nitrogens with zero attached hydrogens (tertiary/aromatic N) is 1. The number of imide groups is 1. The summed E-state index contributed by atoms with van der Waals surface area (Å²) in [6, 6.07) is 17.5. The molecule has 5 nitrogen and oxygen atoms in total. The minimum absolute atomic E-state index is 0.171. The Morgan fingerprint density at radius 1 is 1.06 bits per heavy atom. The number of amides is 3. The van der Waals surface area contributed by atoms with E-state index in [1.165, 1.54) is 12.1 Å². The first-order chi connectivity index (χ1) is 14.9. The lowest BCUT2D eigenvalue weighted by Gasteiger charge is -2.11. The molecule has 0 aliphatic carbocycles. The molecule has 8 heteroatoms. The first-order valence-corrected chi connectivity index (χ1v) is 10.7. The third kappa shape index (κ3) is 4.88. The van der Waals surface area contributed by atoms with E-state index >= 15 is 0 Å². The van der Waals surface area contributed by atoms with Crippen molar-refractivity contribution in [1.82, 2.24) is 5.32 Å². The van der Waals surface area contributed by atoms with Crippen molar-refractivity contribution in [3.05, 3.63) is 98.0 Å². The quantitative estimate of drug-likeness (QED) is 0.251. The van der Waals surface area contributed by atoms with Gasteiger partial charge in [-0.15, -0.1) is 0 Å². The smallest absolute Gasteiger partial charge is 0.333 e. The summed E-state index contributed by atoms with van der Waals surface area (Å²) < 4.78 is 19.9. The molecule has 1 saturated heterocycles. The third-order valence-corrected chi connectivity index (χ3v) is 5.61. The fraction of sp³-hybridized carbons (Fsp3) is 0.0435. The maximum atomic E-state index is 13.3. The predicted molar refractivity (Wildman–Crippen MR) is 125 cm³/mol. The van der Waals surface area contributed by atoms with Crippen molar-refractivity contribution in [3.63, 3.8) is 0 Å². The van der Waals surface area contributed by atoms with Crippen molar-refractivity contribution < 1.29 is 18.7 Å². The van der Waals surface area contributed by atoms with Crippen LogP contribution in [0, 0.1) is 9.39 Å². The van der Waals surface area contributed by atoms with Gasteiger partial charge in [0.15, 0.2) is 0 Å². The van der Waals surface area contributed by atoms with Crippen molar-refractivity contribution in [2.45, 2.75) is 6.61 Å². The van der Waals surface area contributed by atoms with E-state index in [0.29, 0.717) is 16.5 Å². The Bertz CT molecular complexity index is 1200. The number of anilines is 1. The minimum Gasteiger partial charge on any atom is -0.488 e. The van der Waals surface area contributed by atoms with E-state index in [0.717, 1.165) is 19.6 Å². The van der Waals surface area contributed by atoms with Gasteiger partial charge in [0.25, 0.3) is 5.91 Å². The normalized spacial score (nSPS) is 14.8. The van der Waals surface area contributed by atoms with E-state index in [2.05, 4.69) is 27.9 Å². The van der Waals surface area contributed by atoms with Crippen LogP contribution in [0.5, 0.6) is 5.75 Å². The molecule has 0 unspecified atom stereocenters. The van der Waals surface area contributed by atoms with Gasteiger partial charge in [0.2, 0.25) is 0 Å². The standard InChI is InChI=1S/C23H15ClFIN2O3/c24-16-5-7-18(8-6-16)28-22(29)20(27-23(28)30)12-14-4-9-21(19(26)11-14)31-13-15-2-1-3-17(25)10-15/h1-12H,13H2,(H,27,30)/b20-12+. The topological polar surface area (TPSA) is 58.6 Å². The highest BCUT2D eigenvalue weighted by atomic mass is 127. The van der Waals surface area contributed by atoms with Crippen LogP contribution >= 0.6 is 34.2 Å². The van der Waals surface area contributed by atoms with Crippen molar-refractivity contribution in [2.24, 2.45) is 0 Å². The van der Waals surface area contributed by atoms with E-state index in [-0.39, 0.29) is 18.1 Å². The molecule has 3 amide bonds. The van der Waals surface area contributed by atoms with Gasteiger partial charge < -0.3 is 10.1 Å². The maximum absolute atomic E-state index is 13.3. The minimum atomic E-state index is -0.525. The number of nitrogens with one attached hydrogen (secondary N) is 1. The molecule has 1 aliphatic heterocycles. The fourth-order valence-corrected chi connectivity index (χ4v) is 3.86. The molecule has 0 atom stereocenters. The van der Waals surface area contributed by atoms with Crippen LogP contribution in [0.25, 0.3) is 6.08 Å². The van der Waals surface area contributed by atoms with Crippen LogP contribution in [0.1, 0.15) is 11.1 Å². The number of benzene rings is 3. The van der Waals surface area contributed by atoms with Gasteiger partial charge in [0.05, 0.1) is 9.26 Å². The second-order valence-corrected chi connectivity index (χ2v) is 8.31. The predicted octanol–water partition coefficient (Wildman–Crippen LogP) is 5.76. The van der Waals surface area contributed by atoms with Gasteiger partial charge in [-0.1, -0.05) is 29.8 Å². The summed E-state index contributed by atoms with van der Waals surface area (Å²) >= 11 is 8.00. The molecule has 0 spiro atoms. The summed E-state index contributed by atoms with van der Waals surface area (Å²) in [6.07, 6.45) is 1.61. The van der Waals surface area contributed by atoms with Crippen molar-refractivity contribution in [2.75, 3.05) is 4.90 Å². The van der Waals surface area contributed by atoms with Crippen LogP contribution in [0.15, 0.2) is 72.4 Å². The largest absolute Gasteiger partial charge is 0.488 e. The number of carbonyl (C=O) groups is 2. The Kier molecular flexibility index (Phi) is 6.24. The molecule has 3 aromatic carbocycles. The number of carbonyl (C=O) groups excluding carboxylic acids is 2. The number of hydrogen-bond acceptors (Lipinski definition) is 3. The Morgan fingerprint density at radius 2 is 1.84 bits per heavy atom. The van der Waals surface area contributed by atoms with Crippen LogP contribution in [-0.2, 0) is 11.4 Å². The zero-order valence-electron chi connectivity index (χ0n) is 15.9. The Morgan fingerprint density at radius 3 is 2.55 bits per heavy atom. The lowest BCUT2D eigenvalue weighted by atomic mass is 10.1. The fourth-order valence-electron chi connectivity index (χ4n) is 3.04. The maximum Gasteiger partial charge on any atom is 0.333 e. The molecule has 1 aliphatic rings. The summed E-state index contributed by atoms with van der Waals surface area (Å²) in [5, 5.41) is 3.11. The molecule has 4 rings (SSSR count). The monoisotopic (exact) mass is 548 g/mol. The molecule has 0 aromatic heterocycles. The number of rotatable bonds is 5. The molecule has 156 valence electrons. The summed E-state index contributed by atoms with van der Waals surface area (Å²) in [5.41, 5.74) is 2.06. The van der Waals surface area contributed by atoms with Gasteiger partial charge >= 0.3 is 6.03 Å². The van der Waals surface area contributed by atoms with Gasteiger partial charge in [0.1, 0.15) is 23.9 Å². The molecule has 1 N–H and O–H groups in total. The molecule has 0 bridgehead atoms. The van der Waals surface area contributed by atoms with E-state index in [9.17, 15) is 14.0 Å². The first-order valence-electron chi connectivity index (χ1n) is 9.20. The second-order valence-electron chi connectivity index (χ2n) is 6.71. The molecule has 1 fully saturated rings. The Labute approximate surface area is 196 Å². The Balaban J connectivity index is 1.49. The van der Waals surface area contributed by atoms with Crippen LogP contribution in [0.4, 0.5) is 14.9 Å². The van der Waals surface area contributed by atoms with Gasteiger partial charge in [-0.25, -0.2) is 14.1 Å². The van der Waals surface area contributed by atoms with Crippen LogP contribution < -0.4 is 15.0 Å². The second kappa shape index (κ2) is 9.07. The molecule has 1 heterocycles. The molecule has 0 saturated carbocycles. The van der Waals surface area contributed by atoms with Crippen LogP contribution in [0.2, 0.25) is 5.02 Å². The molecular formula is C23H15ClFIN2O3. The van der Waals surface area contributed by atoms with Crippen molar-refractivity contribution in [3.8, 4) is 5.75 Å². The molecule has 0 radical (unpaired) electrons. The summed E-state index contributed by atoms with van der Waals surface area (Å²) in [5.74, 6) is -0.126. The van der Waals surface area contributed by atoms with E-state index in [4.69, 9.17) is 16.3 Å². The lowest BCUT2D eigenvalue weighted by molar-refractivity contribution is -0.113. The van der Waals surface area contributed by atoms with E-state index in [1.54, 1.807) is 54.6 Å².